The van der Waals surface area contributed by atoms with Crippen LogP contribution in [0, 0.1) is 0 Å². The first-order chi connectivity index (χ1) is 11.7. The van der Waals surface area contributed by atoms with Gasteiger partial charge in [-0.05, 0) is 35.7 Å². The first kappa shape index (κ1) is 16.5. The topological polar surface area (TPSA) is 69.6 Å². The highest BCUT2D eigenvalue weighted by molar-refractivity contribution is 5.98. The fourth-order valence-electron chi connectivity index (χ4n) is 2.86. The molecular weight excluding hydrogens is 304 g/mol. The Morgan fingerprint density at radius 2 is 1.88 bits per heavy atom. The molecule has 3 rings (SSSR count). The highest BCUT2D eigenvalue weighted by Crippen LogP contribution is 2.26. The maximum Gasteiger partial charge on any atom is 0.251 e. The summed E-state index contributed by atoms with van der Waals surface area (Å²) in [6.45, 7) is 0.660. The fraction of sp³-hybridized carbons (Fsp3) is 0.368. The second-order valence-corrected chi connectivity index (χ2v) is 6.11. The SMILES string of the molecule is O=C(NCCC(=O)N(CCO)C1CC1)c1ccc2ccccc2c1. The molecule has 1 aliphatic carbocycles. The molecule has 2 aromatic rings. The number of aliphatic hydroxyl groups is 1. The van der Waals surface area contributed by atoms with E-state index in [4.69, 9.17) is 5.11 Å². The molecule has 5 nitrogen and oxygen atoms in total. The highest BCUT2D eigenvalue weighted by atomic mass is 16.3. The monoisotopic (exact) mass is 326 g/mol. The van der Waals surface area contributed by atoms with Crippen molar-refractivity contribution in [2.75, 3.05) is 19.7 Å². The normalized spacial score (nSPS) is 13.7. The van der Waals surface area contributed by atoms with Crippen LogP contribution < -0.4 is 5.32 Å². The van der Waals surface area contributed by atoms with E-state index in [1.54, 1.807) is 11.0 Å². The van der Waals surface area contributed by atoms with E-state index in [2.05, 4.69) is 5.32 Å². The zero-order chi connectivity index (χ0) is 16.9. The van der Waals surface area contributed by atoms with Crippen molar-refractivity contribution in [1.82, 2.24) is 10.2 Å². The molecule has 126 valence electrons. The quantitative estimate of drug-likeness (QED) is 0.817. The largest absolute Gasteiger partial charge is 0.395 e. The van der Waals surface area contributed by atoms with Crippen molar-refractivity contribution in [1.29, 1.82) is 0 Å². The Bertz CT molecular complexity index is 740. The van der Waals surface area contributed by atoms with Crippen LogP contribution in [-0.4, -0.2) is 47.6 Å². The predicted molar refractivity (Wildman–Crippen MR) is 92.7 cm³/mol. The molecule has 2 aromatic carbocycles. The average Bonchev–Trinajstić information content (AvgIpc) is 3.43. The molecule has 5 heteroatoms. The van der Waals surface area contributed by atoms with Crippen LogP contribution >= 0.6 is 0 Å². The molecule has 0 radical (unpaired) electrons. The van der Waals surface area contributed by atoms with Crippen molar-refractivity contribution < 1.29 is 14.7 Å². The summed E-state index contributed by atoms with van der Waals surface area (Å²) < 4.78 is 0. The van der Waals surface area contributed by atoms with E-state index in [-0.39, 0.29) is 30.9 Å². The number of amides is 2. The number of nitrogens with one attached hydrogen (secondary N) is 1. The predicted octanol–water partition coefficient (Wildman–Crippen LogP) is 1.94. The third-order valence-corrected chi connectivity index (χ3v) is 4.28. The third kappa shape index (κ3) is 3.92. The maximum atomic E-state index is 12.2. The number of benzene rings is 2. The highest BCUT2D eigenvalue weighted by Gasteiger charge is 2.31. The van der Waals surface area contributed by atoms with Gasteiger partial charge in [-0.25, -0.2) is 0 Å². The van der Waals surface area contributed by atoms with E-state index in [0.717, 1.165) is 23.6 Å². The number of rotatable bonds is 7. The molecule has 0 spiro atoms. The van der Waals surface area contributed by atoms with E-state index < -0.39 is 0 Å². The van der Waals surface area contributed by atoms with E-state index in [1.165, 1.54) is 0 Å². The summed E-state index contributed by atoms with van der Waals surface area (Å²) in [6.07, 6.45) is 2.28. The summed E-state index contributed by atoms with van der Waals surface area (Å²) in [4.78, 5) is 26.1. The Morgan fingerprint density at radius 1 is 1.12 bits per heavy atom. The van der Waals surface area contributed by atoms with Crippen molar-refractivity contribution in [3.8, 4) is 0 Å². The zero-order valence-corrected chi connectivity index (χ0v) is 13.6. The van der Waals surface area contributed by atoms with Crippen molar-refractivity contribution in [3.63, 3.8) is 0 Å². The molecule has 0 aromatic heterocycles. The molecule has 0 atom stereocenters. The number of nitrogens with zero attached hydrogens (tertiary/aromatic N) is 1. The van der Waals surface area contributed by atoms with Gasteiger partial charge in [-0.15, -0.1) is 0 Å². The lowest BCUT2D eigenvalue weighted by Gasteiger charge is -2.21. The van der Waals surface area contributed by atoms with Crippen molar-refractivity contribution in [3.05, 3.63) is 48.0 Å². The number of hydrogen-bond acceptors (Lipinski definition) is 3. The molecular formula is C19H22N2O3. The smallest absolute Gasteiger partial charge is 0.251 e. The summed E-state index contributed by atoms with van der Waals surface area (Å²) in [6, 6.07) is 13.7. The lowest BCUT2D eigenvalue weighted by molar-refractivity contribution is -0.132. The summed E-state index contributed by atoms with van der Waals surface area (Å²) in [7, 11) is 0. The molecule has 1 fully saturated rings. The van der Waals surface area contributed by atoms with E-state index in [0.29, 0.717) is 18.7 Å². The van der Waals surface area contributed by atoms with Crippen LogP contribution in [0.15, 0.2) is 42.5 Å². The van der Waals surface area contributed by atoms with Gasteiger partial charge in [0.2, 0.25) is 5.91 Å². The van der Waals surface area contributed by atoms with Crippen LogP contribution in [-0.2, 0) is 4.79 Å². The van der Waals surface area contributed by atoms with Crippen LogP contribution in [0.5, 0.6) is 0 Å². The van der Waals surface area contributed by atoms with Crippen LogP contribution in [0.25, 0.3) is 10.8 Å². The van der Waals surface area contributed by atoms with Gasteiger partial charge in [-0.3, -0.25) is 9.59 Å². The Kier molecular flexibility index (Phi) is 5.11. The molecule has 2 N–H and O–H groups in total. The van der Waals surface area contributed by atoms with Crippen LogP contribution in [0.2, 0.25) is 0 Å². The maximum absolute atomic E-state index is 12.2. The van der Waals surface area contributed by atoms with E-state index >= 15 is 0 Å². The van der Waals surface area contributed by atoms with Gasteiger partial charge >= 0.3 is 0 Å². The lowest BCUT2D eigenvalue weighted by Crippen LogP contribution is -2.37. The van der Waals surface area contributed by atoms with Gasteiger partial charge in [0.25, 0.3) is 5.91 Å². The van der Waals surface area contributed by atoms with Crippen LogP contribution in [0.4, 0.5) is 0 Å². The summed E-state index contributed by atoms with van der Waals surface area (Å²) in [5.41, 5.74) is 0.593. The molecule has 0 aliphatic heterocycles. The van der Waals surface area contributed by atoms with Gasteiger partial charge in [0.15, 0.2) is 0 Å². The molecule has 0 heterocycles. The van der Waals surface area contributed by atoms with Crippen molar-refractivity contribution >= 4 is 22.6 Å². The minimum atomic E-state index is -0.173. The molecule has 2 amide bonds. The van der Waals surface area contributed by atoms with Crippen molar-refractivity contribution in [2.24, 2.45) is 0 Å². The Labute approximate surface area is 141 Å². The molecule has 24 heavy (non-hydrogen) atoms. The fourth-order valence-corrected chi connectivity index (χ4v) is 2.86. The summed E-state index contributed by atoms with van der Waals surface area (Å²) in [5, 5.41) is 14.0. The second-order valence-electron chi connectivity index (χ2n) is 6.11. The van der Waals surface area contributed by atoms with Gasteiger partial charge in [0.05, 0.1) is 6.61 Å². The van der Waals surface area contributed by atoms with E-state index in [9.17, 15) is 9.59 Å². The van der Waals surface area contributed by atoms with Crippen molar-refractivity contribution in [2.45, 2.75) is 25.3 Å². The standard InChI is InChI=1S/C19H22N2O3/c22-12-11-21(17-7-8-17)18(23)9-10-20-19(24)16-6-5-14-3-1-2-4-15(14)13-16/h1-6,13,17,22H,7-12H2,(H,20,24). The van der Waals surface area contributed by atoms with Gasteiger partial charge < -0.3 is 15.3 Å². The Balaban J connectivity index is 1.53. The van der Waals surface area contributed by atoms with Gasteiger partial charge in [-0.1, -0.05) is 30.3 Å². The molecule has 1 aliphatic rings. The molecule has 0 bridgehead atoms. The lowest BCUT2D eigenvalue weighted by atomic mass is 10.1. The number of aliphatic hydroxyl groups excluding tert-OH is 1. The van der Waals surface area contributed by atoms with Gasteiger partial charge in [-0.2, -0.15) is 0 Å². The average molecular weight is 326 g/mol. The van der Waals surface area contributed by atoms with Crippen LogP contribution in [0.1, 0.15) is 29.6 Å². The number of hydrogen-bond donors (Lipinski definition) is 2. The van der Waals surface area contributed by atoms with Gasteiger partial charge in [0, 0.05) is 31.1 Å². The zero-order valence-electron chi connectivity index (χ0n) is 13.6. The third-order valence-electron chi connectivity index (χ3n) is 4.28. The number of fused-ring (bicyclic) bond motifs is 1. The van der Waals surface area contributed by atoms with Gasteiger partial charge in [0.1, 0.15) is 0 Å². The van der Waals surface area contributed by atoms with E-state index in [1.807, 2.05) is 36.4 Å². The summed E-state index contributed by atoms with van der Waals surface area (Å²) >= 11 is 0. The molecule has 0 saturated heterocycles. The summed E-state index contributed by atoms with van der Waals surface area (Å²) in [5.74, 6) is -0.181. The minimum absolute atomic E-state index is 0.00892. The van der Waals surface area contributed by atoms with Crippen LogP contribution in [0.3, 0.4) is 0 Å². The minimum Gasteiger partial charge on any atom is -0.395 e. The number of carbonyl (C=O) groups is 2. The first-order valence-corrected chi connectivity index (χ1v) is 8.36. The second kappa shape index (κ2) is 7.45. The molecule has 1 saturated carbocycles. The Hall–Kier alpha value is -2.40. The first-order valence-electron chi connectivity index (χ1n) is 8.36. The Morgan fingerprint density at radius 3 is 2.58 bits per heavy atom. The molecule has 0 unspecified atom stereocenters. The number of carbonyl (C=O) groups excluding carboxylic acids is 2.